The molecule has 1 aliphatic heterocycles. The van der Waals surface area contributed by atoms with Gasteiger partial charge in [-0.1, -0.05) is 54.1 Å². The van der Waals surface area contributed by atoms with Crippen LogP contribution >= 0.6 is 47.2 Å². The van der Waals surface area contributed by atoms with Crippen molar-refractivity contribution < 1.29 is 9.21 Å². The van der Waals surface area contributed by atoms with Gasteiger partial charge in [0, 0.05) is 17.7 Å². The molecule has 1 aliphatic rings. The van der Waals surface area contributed by atoms with Gasteiger partial charge >= 0.3 is 0 Å². The van der Waals surface area contributed by atoms with Gasteiger partial charge < -0.3 is 4.42 Å². The molecule has 25 heavy (non-hydrogen) atoms. The van der Waals surface area contributed by atoms with Crippen molar-refractivity contribution in [3.63, 3.8) is 0 Å². The molecule has 1 unspecified atom stereocenters. The maximum atomic E-state index is 12.6. The van der Waals surface area contributed by atoms with Crippen LogP contribution in [-0.2, 0) is 4.79 Å². The summed E-state index contributed by atoms with van der Waals surface area (Å²) in [6.07, 6.45) is 2.57. The number of furan rings is 1. The molecule has 130 valence electrons. The van der Waals surface area contributed by atoms with E-state index in [-0.39, 0.29) is 11.9 Å². The lowest BCUT2D eigenvalue weighted by molar-refractivity contribution is -0.123. The number of hydrogen-bond acceptors (Lipinski definition) is 4. The van der Waals surface area contributed by atoms with E-state index in [1.807, 2.05) is 32.0 Å². The van der Waals surface area contributed by atoms with Crippen LogP contribution < -0.4 is 0 Å². The second-order valence-electron chi connectivity index (χ2n) is 5.64. The molecule has 0 radical (unpaired) electrons. The van der Waals surface area contributed by atoms with Gasteiger partial charge in [0.05, 0.1) is 15.0 Å². The van der Waals surface area contributed by atoms with Crippen molar-refractivity contribution in [3.8, 4) is 11.3 Å². The van der Waals surface area contributed by atoms with Gasteiger partial charge in [0.15, 0.2) is 0 Å². The molecule has 3 nitrogen and oxygen atoms in total. The molecule has 1 amide bonds. The number of nitrogens with zero attached hydrogens (tertiary/aromatic N) is 1. The van der Waals surface area contributed by atoms with Crippen molar-refractivity contribution in [1.82, 2.24) is 4.90 Å². The minimum absolute atomic E-state index is 0.0724. The maximum absolute atomic E-state index is 12.6. The molecule has 0 N–H and O–H groups in total. The quantitative estimate of drug-likeness (QED) is 0.439. The van der Waals surface area contributed by atoms with Gasteiger partial charge in [-0.05, 0) is 43.7 Å². The third kappa shape index (κ3) is 3.80. The van der Waals surface area contributed by atoms with E-state index in [1.54, 1.807) is 23.1 Å². The van der Waals surface area contributed by atoms with Crippen LogP contribution in [0.25, 0.3) is 17.4 Å². The largest absolute Gasteiger partial charge is 0.457 e. The first-order valence-corrected chi connectivity index (χ1v) is 9.71. The molecule has 1 saturated heterocycles. The molecule has 1 atom stereocenters. The minimum atomic E-state index is -0.0724. The van der Waals surface area contributed by atoms with Crippen LogP contribution in [0.1, 0.15) is 26.0 Å². The van der Waals surface area contributed by atoms with Gasteiger partial charge in [0.25, 0.3) is 5.91 Å². The molecule has 1 aromatic heterocycles. The van der Waals surface area contributed by atoms with Crippen molar-refractivity contribution in [2.24, 2.45) is 0 Å². The molecular formula is C18H15Cl2NO2S2. The predicted molar refractivity (Wildman–Crippen MR) is 109 cm³/mol. The molecule has 0 aliphatic carbocycles. The van der Waals surface area contributed by atoms with E-state index < -0.39 is 0 Å². The van der Waals surface area contributed by atoms with Crippen molar-refractivity contribution in [1.29, 1.82) is 0 Å². The average Bonchev–Trinajstić information content (AvgIpc) is 3.15. The van der Waals surface area contributed by atoms with E-state index in [9.17, 15) is 4.79 Å². The Morgan fingerprint density at radius 1 is 1.28 bits per heavy atom. The fourth-order valence-corrected chi connectivity index (χ4v) is 4.15. The highest BCUT2D eigenvalue weighted by Crippen LogP contribution is 2.35. The van der Waals surface area contributed by atoms with E-state index in [0.717, 1.165) is 12.0 Å². The van der Waals surface area contributed by atoms with Crippen molar-refractivity contribution >= 4 is 63.5 Å². The number of halogens is 2. The Balaban J connectivity index is 1.86. The number of carbonyl (C=O) groups excluding carboxylic acids is 1. The van der Waals surface area contributed by atoms with Crippen LogP contribution in [0.2, 0.25) is 10.0 Å². The van der Waals surface area contributed by atoms with Crippen LogP contribution in [-0.4, -0.2) is 21.2 Å². The highest BCUT2D eigenvalue weighted by atomic mass is 35.5. The molecule has 0 bridgehead atoms. The fraction of sp³-hybridized carbons (Fsp3) is 0.222. The van der Waals surface area contributed by atoms with Gasteiger partial charge in [-0.3, -0.25) is 9.69 Å². The van der Waals surface area contributed by atoms with Crippen molar-refractivity contribution in [2.45, 2.75) is 26.3 Å². The zero-order valence-corrected chi connectivity index (χ0v) is 16.7. The number of benzene rings is 1. The van der Waals surface area contributed by atoms with Gasteiger partial charge in [-0.25, -0.2) is 0 Å². The zero-order chi connectivity index (χ0) is 18.1. The fourth-order valence-electron chi connectivity index (χ4n) is 2.41. The van der Waals surface area contributed by atoms with Crippen LogP contribution in [0.3, 0.4) is 0 Å². The Hall–Kier alpha value is -1.27. The smallest absolute Gasteiger partial charge is 0.266 e. The van der Waals surface area contributed by atoms with E-state index in [4.69, 9.17) is 39.8 Å². The monoisotopic (exact) mass is 411 g/mol. The minimum Gasteiger partial charge on any atom is -0.457 e. The molecule has 3 rings (SSSR count). The highest BCUT2D eigenvalue weighted by molar-refractivity contribution is 8.26. The Morgan fingerprint density at radius 2 is 2.04 bits per heavy atom. The van der Waals surface area contributed by atoms with Crippen molar-refractivity contribution in [2.75, 3.05) is 0 Å². The summed E-state index contributed by atoms with van der Waals surface area (Å²) in [5.74, 6) is 1.17. The Kier molecular flexibility index (Phi) is 5.58. The predicted octanol–water partition coefficient (Wildman–Crippen LogP) is 6.25. The first-order valence-electron chi connectivity index (χ1n) is 7.73. The summed E-state index contributed by atoms with van der Waals surface area (Å²) in [4.78, 5) is 14.8. The SMILES string of the molecule is CCC(C)N1C(=O)C(=Cc2ccc(-c3ccc(Cl)c(Cl)c3)o2)SC1=S. The van der Waals surface area contributed by atoms with Gasteiger partial charge in [-0.15, -0.1) is 0 Å². The summed E-state index contributed by atoms with van der Waals surface area (Å²) < 4.78 is 6.41. The number of amides is 1. The van der Waals surface area contributed by atoms with E-state index in [2.05, 4.69) is 0 Å². The number of thiocarbonyl (C=S) groups is 1. The van der Waals surface area contributed by atoms with E-state index >= 15 is 0 Å². The first-order chi connectivity index (χ1) is 11.9. The second-order valence-corrected chi connectivity index (χ2v) is 8.13. The number of hydrogen-bond donors (Lipinski definition) is 0. The normalized spacial score (nSPS) is 17.6. The van der Waals surface area contributed by atoms with Gasteiger partial charge in [0.1, 0.15) is 15.8 Å². The van der Waals surface area contributed by atoms with Gasteiger partial charge in [0.2, 0.25) is 0 Å². The molecule has 1 aromatic carbocycles. The van der Waals surface area contributed by atoms with Crippen LogP contribution in [0.15, 0.2) is 39.7 Å². The second kappa shape index (κ2) is 7.54. The topological polar surface area (TPSA) is 33.5 Å². The molecular weight excluding hydrogens is 397 g/mol. The van der Waals surface area contributed by atoms with Crippen molar-refractivity contribution in [3.05, 3.63) is 51.0 Å². The molecule has 2 heterocycles. The standard InChI is InChI=1S/C18H15Cl2NO2S2/c1-3-10(2)21-17(22)16(25-18(21)24)9-12-5-7-15(23-12)11-4-6-13(19)14(20)8-11/h4-10H,3H2,1-2H3. The molecule has 0 spiro atoms. The number of carbonyl (C=O) groups is 1. The Morgan fingerprint density at radius 3 is 2.72 bits per heavy atom. The summed E-state index contributed by atoms with van der Waals surface area (Å²) in [5, 5.41) is 0.956. The number of rotatable bonds is 4. The third-order valence-corrected chi connectivity index (χ3v) is 6.03. The summed E-state index contributed by atoms with van der Waals surface area (Å²) in [5.41, 5.74) is 0.821. The van der Waals surface area contributed by atoms with Crippen LogP contribution in [0, 0.1) is 0 Å². The van der Waals surface area contributed by atoms with Crippen LogP contribution in [0.4, 0.5) is 0 Å². The lowest BCUT2D eigenvalue weighted by Crippen LogP contribution is -2.36. The Labute approximate surface area is 166 Å². The summed E-state index contributed by atoms with van der Waals surface area (Å²) in [6.45, 7) is 4.02. The number of thioether (sulfide) groups is 1. The Bertz CT molecular complexity index is 876. The summed E-state index contributed by atoms with van der Waals surface area (Å²) in [6, 6.07) is 9.03. The lowest BCUT2D eigenvalue weighted by Gasteiger charge is -2.21. The zero-order valence-electron chi connectivity index (χ0n) is 13.6. The molecule has 2 aromatic rings. The molecule has 1 fully saturated rings. The molecule has 0 saturated carbocycles. The maximum Gasteiger partial charge on any atom is 0.266 e. The average molecular weight is 412 g/mol. The van der Waals surface area contributed by atoms with E-state index in [1.165, 1.54) is 11.8 Å². The van der Waals surface area contributed by atoms with Crippen LogP contribution in [0.5, 0.6) is 0 Å². The first kappa shape index (κ1) is 18.5. The highest BCUT2D eigenvalue weighted by Gasteiger charge is 2.34. The van der Waals surface area contributed by atoms with Gasteiger partial charge in [-0.2, -0.15) is 0 Å². The third-order valence-electron chi connectivity index (χ3n) is 3.96. The molecule has 7 heteroatoms. The summed E-state index contributed by atoms with van der Waals surface area (Å²) in [7, 11) is 0. The lowest BCUT2D eigenvalue weighted by atomic mass is 10.2. The van der Waals surface area contributed by atoms with E-state index in [0.29, 0.717) is 30.8 Å². The summed E-state index contributed by atoms with van der Waals surface area (Å²) >= 11 is 18.6.